The maximum Gasteiger partial charge on any atom is 0.136 e. The molecule has 0 aliphatic carbocycles. The van der Waals surface area contributed by atoms with Crippen LogP contribution in [0.4, 0.5) is 17.3 Å². The van der Waals surface area contributed by atoms with Gasteiger partial charge in [0.05, 0.1) is 7.11 Å². The monoisotopic (exact) mass is 376 g/mol. The Hall–Kier alpha value is -3.08. The van der Waals surface area contributed by atoms with Crippen molar-refractivity contribution >= 4 is 17.3 Å². The van der Waals surface area contributed by atoms with Crippen molar-refractivity contribution in [1.82, 2.24) is 9.97 Å². The SMILES string of the molecule is COc1ccccc1CNc1cc(Nc2ccc(C(C)(C)C)cc2)nc(C)n1. The molecule has 0 unspecified atom stereocenters. The highest BCUT2D eigenvalue weighted by Crippen LogP contribution is 2.25. The Morgan fingerprint density at radius 1 is 0.929 bits per heavy atom. The van der Waals surface area contributed by atoms with Gasteiger partial charge in [0.2, 0.25) is 0 Å². The maximum atomic E-state index is 5.41. The molecular weight excluding hydrogens is 348 g/mol. The summed E-state index contributed by atoms with van der Waals surface area (Å²) in [7, 11) is 1.68. The van der Waals surface area contributed by atoms with E-state index in [4.69, 9.17) is 4.74 Å². The van der Waals surface area contributed by atoms with Crippen LogP contribution < -0.4 is 15.4 Å². The number of aromatic nitrogens is 2. The van der Waals surface area contributed by atoms with E-state index in [9.17, 15) is 0 Å². The van der Waals surface area contributed by atoms with Gasteiger partial charge in [-0.1, -0.05) is 51.1 Å². The molecule has 28 heavy (non-hydrogen) atoms. The number of methoxy groups -OCH3 is 1. The fourth-order valence-corrected chi connectivity index (χ4v) is 2.96. The van der Waals surface area contributed by atoms with Crippen molar-refractivity contribution in [2.75, 3.05) is 17.7 Å². The largest absolute Gasteiger partial charge is 0.496 e. The van der Waals surface area contributed by atoms with Gasteiger partial charge in [0, 0.05) is 23.9 Å². The van der Waals surface area contributed by atoms with Crippen LogP contribution in [0.5, 0.6) is 5.75 Å². The third-order valence-corrected chi connectivity index (χ3v) is 4.51. The van der Waals surface area contributed by atoms with E-state index < -0.39 is 0 Å². The summed E-state index contributed by atoms with van der Waals surface area (Å²) in [5, 5.41) is 6.73. The van der Waals surface area contributed by atoms with Gasteiger partial charge in [-0.15, -0.1) is 0 Å². The van der Waals surface area contributed by atoms with Gasteiger partial charge in [0.1, 0.15) is 23.2 Å². The summed E-state index contributed by atoms with van der Waals surface area (Å²) < 4.78 is 5.41. The Balaban J connectivity index is 1.72. The Morgan fingerprint density at radius 3 is 2.29 bits per heavy atom. The average Bonchev–Trinajstić information content (AvgIpc) is 2.66. The molecule has 0 fully saturated rings. The molecule has 5 nitrogen and oxygen atoms in total. The minimum absolute atomic E-state index is 0.139. The van der Waals surface area contributed by atoms with Crippen molar-refractivity contribution in [3.8, 4) is 5.75 Å². The highest BCUT2D eigenvalue weighted by atomic mass is 16.5. The van der Waals surface area contributed by atoms with Crippen LogP contribution in [0.2, 0.25) is 0 Å². The van der Waals surface area contributed by atoms with E-state index in [0.717, 1.165) is 28.6 Å². The van der Waals surface area contributed by atoms with Gasteiger partial charge in [0.15, 0.2) is 0 Å². The number of nitrogens with zero attached hydrogens (tertiary/aromatic N) is 2. The van der Waals surface area contributed by atoms with E-state index in [1.807, 2.05) is 37.3 Å². The van der Waals surface area contributed by atoms with Gasteiger partial charge in [-0.2, -0.15) is 0 Å². The minimum atomic E-state index is 0.139. The van der Waals surface area contributed by atoms with Crippen molar-refractivity contribution in [2.45, 2.75) is 39.7 Å². The minimum Gasteiger partial charge on any atom is -0.496 e. The lowest BCUT2D eigenvalue weighted by Gasteiger charge is -2.19. The molecular formula is C23H28N4O. The van der Waals surface area contributed by atoms with Crippen molar-refractivity contribution in [2.24, 2.45) is 0 Å². The first-order chi connectivity index (χ1) is 13.3. The molecule has 0 spiro atoms. The predicted molar refractivity (Wildman–Crippen MR) is 116 cm³/mol. The first kappa shape index (κ1) is 19.7. The predicted octanol–water partition coefficient (Wildman–Crippen LogP) is 5.45. The fourth-order valence-electron chi connectivity index (χ4n) is 2.96. The maximum absolute atomic E-state index is 5.41. The molecule has 2 aromatic carbocycles. The van der Waals surface area contributed by atoms with Gasteiger partial charge in [-0.3, -0.25) is 0 Å². The molecule has 0 amide bonds. The van der Waals surface area contributed by atoms with E-state index >= 15 is 0 Å². The number of aryl methyl sites for hydroxylation is 1. The highest BCUT2D eigenvalue weighted by molar-refractivity contribution is 5.60. The average molecular weight is 377 g/mol. The van der Waals surface area contributed by atoms with Gasteiger partial charge in [-0.25, -0.2) is 9.97 Å². The van der Waals surface area contributed by atoms with Crippen LogP contribution in [0.1, 0.15) is 37.7 Å². The quantitative estimate of drug-likeness (QED) is 0.599. The van der Waals surface area contributed by atoms with Crippen LogP contribution in [0.3, 0.4) is 0 Å². The zero-order valence-electron chi connectivity index (χ0n) is 17.2. The van der Waals surface area contributed by atoms with Crippen molar-refractivity contribution in [1.29, 1.82) is 0 Å². The fraction of sp³-hybridized carbons (Fsp3) is 0.304. The highest BCUT2D eigenvalue weighted by Gasteiger charge is 2.13. The molecule has 5 heteroatoms. The summed E-state index contributed by atoms with van der Waals surface area (Å²) in [5.74, 6) is 3.10. The Bertz CT molecular complexity index is 930. The molecule has 0 bridgehead atoms. The standard InChI is InChI=1S/C23H28N4O/c1-16-25-21(24-15-17-8-6-7-9-20(17)28-5)14-22(26-16)27-19-12-10-18(11-13-19)23(2,3)4/h6-14H,15H2,1-5H3,(H2,24,25,26,27). The number of anilines is 3. The summed E-state index contributed by atoms with van der Waals surface area (Å²) in [4.78, 5) is 8.99. The lowest BCUT2D eigenvalue weighted by molar-refractivity contribution is 0.410. The first-order valence-corrected chi connectivity index (χ1v) is 9.44. The summed E-state index contributed by atoms with van der Waals surface area (Å²) in [6.07, 6.45) is 0. The van der Waals surface area contributed by atoms with Crippen LogP contribution in [-0.2, 0) is 12.0 Å². The second kappa shape index (κ2) is 8.30. The molecule has 1 heterocycles. The molecule has 3 rings (SSSR count). The Labute approximate surface area is 167 Å². The molecule has 0 aliphatic heterocycles. The summed E-state index contributed by atoms with van der Waals surface area (Å²) in [6.45, 7) is 9.15. The van der Waals surface area contributed by atoms with Crippen LogP contribution >= 0.6 is 0 Å². The summed E-state index contributed by atoms with van der Waals surface area (Å²) in [6, 6.07) is 18.3. The van der Waals surface area contributed by atoms with Gasteiger partial charge in [0.25, 0.3) is 0 Å². The Kier molecular flexibility index (Phi) is 5.83. The third-order valence-electron chi connectivity index (χ3n) is 4.51. The third kappa shape index (κ3) is 5.00. The van der Waals surface area contributed by atoms with Crippen LogP contribution in [0.25, 0.3) is 0 Å². The van der Waals surface area contributed by atoms with Crippen LogP contribution in [0.15, 0.2) is 54.6 Å². The van der Waals surface area contributed by atoms with E-state index in [1.54, 1.807) is 7.11 Å². The van der Waals surface area contributed by atoms with Crippen LogP contribution in [-0.4, -0.2) is 17.1 Å². The molecule has 0 radical (unpaired) electrons. The van der Waals surface area contributed by atoms with Crippen molar-refractivity contribution < 1.29 is 4.74 Å². The smallest absolute Gasteiger partial charge is 0.136 e. The van der Waals surface area contributed by atoms with Gasteiger partial charge >= 0.3 is 0 Å². The second-order valence-electron chi connectivity index (χ2n) is 7.80. The molecule has 0 saturated carbocycles. The van der Waals surface area contributed by atoms with E-state index in [0.29, 0.717) is 12.4 Å². The molecule has 0 saturated heterocycles. The molecule has 1 aromatic heterocycles. The van der Waals surface area contributed by atoms with Crippen molar-refractivity contribution in [3.63, 3.8) is 0 Å². The van der Waals surface area contributed by atoms with Gasteiger partial charge < -0.3 is 15.4 Å². The molecule has 146 valence electrons. The van der Waals surface area contributed by atoms with Gasteiger partial charge in [-0.05, 0) is 36.1 Å². The topological polar surface area (TPSA) is 59.1 Å². The molecule has 0 aliphatic rings. The van der Waals surface area contributed by atoms with E-state index in [2.05, 4.69) is 65.6 Å². The normalized spacial score (nSPS) is 11.2. The molecule has 2 N–H and O–H groups in total. The van der Waals surface area contributed by atoms with E-state index in [1.165, 1.54) is 5.56 Å². The second-order valence-corrected chi connectivity index (χ2v) is 7.80. The number of nitrogens with one attached hydrogen (secondary N) is 2. The molecule has 3 aromatic rings. The van der Waals surface area contributed by atoms with Crippen LogP contribution in [0, 0.1) is 6.92 Å². The van der Waals surface area contributed by atoms with E-state index in [-0.39, 0.29) is 5.41 Å². The lowest BCUT2D eigenvalue weighted by Crippen LogP contribution is -2.10. The lowest BCUT2D eigenvalue weighted by atomic mass is 9.87. The molecule has 0 atom stereocenters. The zero-order valence-corrected chi connectivity index (χ0v) is 17.2. The summed E-state index contributed by atoms with van der Waals surface area (Å²) >= 11 is 0. The number of para-hydroxylation sites is 1. The number of ether oxygens (including phenoxy) is 1. The summed E-state index contributed by atoms with van der Waals surface area (Å²) in [5.41, 5.74) is 3.52. The zero-order chi connectivity index (χ0) is 20.1. The van der Waals surface area contributed by atoms with Crippen molar-refractivity contribution in [3.05, 3.63) is 71.5 Å². The Morgan fingerprint density at radius 2 is 1.61 bits per heavy atom. The number of benzene rings is 2. The number of hydrogen-bond acceptors (Lipinski definition) is 5. The number of hydrogen-bond donors (Lipinski definition) is 2. The first-order valence-electron chi connectivity index (χ1n) is 9.44. The number of rotatable bonds is 6.